The first-order chi connectivity index (χ1) is 7.20. The molecule has 6 nitrogen and oxygen atoms in total. The Kier molecular flexibility index (Phi) is 3.43. The Bertz CT molecular complexity index is 450. The third-order valence-electron chi connectivity index (χ3n) is 1.63. The lowest BCUT2D eigenvalue weighted by molar-refractivity contribution is 0.00233. The predicted molar refractivity (Wildman–Crippen MR) is 49.6 cm³/mol. The molecule has 15 heavy (non-hydrogen) atoms. The number of rotatable bonds is 3. The average molecular weight is 205 g/mol. The van der Waals surface area contributed by atoms with Gasteiger partial charge in [0.25, 0.3) is 5.78 Å². The lowest BCUT2D eigenvalue weighted by atomic mass is 10.1. The van der Waals surface area contributed by atoms with Crippen LogP contribution in [0.15, 0.2) is 18.3 Å². The normalized spacial score (nSPS) is 8.87. The van der Waals surface area contributed by atoms with Crippen molar-refractivity contribution in [1.29, 1.82) is 0 Å². The maximum atomic E-state index is 11.3. The predicted octanol–water partition coefficient (Wildman–Crippen LogP) is 0.352. The molecule has 1 aromatic heterocycles. The molecule has 0 aliphatic heterocycles. The molecule has 0 saturated carbocycles. The van der Waals surface area contributed by atoms with Gasteiger partial charge in [-0.3, -0.25) is 4.79 Å². The van der Waals surface area contributed by atoms with Crippen LogP contribution >= 0.6 is 0 Å². The first kappa shape index (κ1) is 10.7. The standard InChI is InChI=1S/C9H7N3O3/c1-15-9(14)8-6(3-2-4-11-8)7(13)5-12-10/h2-5H,1H3. The lowest BCUT2D eigenvalue weighted by Gasteiger charge is -2.00. The number of pyridine rings is 1. The SMILES string of the molecule is COC(=O)c1ncccc1C(=O)C=[N+]=[N-]. The number of esters is 1. The second-order valence-electron chi connectivity index (χ2n) is 2.50. The topological polar surface area (TPSA) is 92.7 Å². The highest BCUT2D eigenvalue weighted by atomic mass is 16.5. The van der Waals surface area contributed by atoms with Crippen LogP contribution in [0.25, 0.3) is 5.53 Å². The molecule has 6 heteroatoms. The van der Waals surface area contributed by atoms with Gasteiger partial charge < -0.3 is 10.3 Å². The number of nitrogens with zero attached hydrogens (tertiary/aromatic N) is 3. The van der Waals surface area contributed by atoms with E-state index in [2.05, 4.69) is 14.5 Å². The number of hydrogen-bond donors (Lipinski definition) is 0. The summed E-state index contributed by atoms with van der Waals surface area (Å²) in [5.74, 6) is -1.34. The third kappa shape index (κ3) is 2.32. The van der Waals surface area contributed by atoms with Gasteiger partial charge in [-0.2, -0.15) is 4.79 Å². The molecule has 0 N–H and O–H groups in total. The van der Waals surface area contributed by atoms with Crippen LogP contribution in [0.2, 0.25) is 0 Å². The summed E-state index contributed by atoms with van der Waals surface area (Å²) in [6.07, 6.45) is 2.04. The molecule has 0 unspecified atom stereocenters. The number of methoxy groups -OCH3 is 1. The van der Waals surface area contributed by atoms with Crippen molar-refractivity contribution in [3.63, 3.8) is 0 Å². The smallest absolute Gasteiger partial charge is 0.357 e. The first-order valence-electron chi connectivity index (χ1n) is 3.95. The van der Waals surface area contributed by atoms with Crippen LogP contribution in [0.5, 0.6) is 0 Å². The third-order valence-corrected chi connectivity index (χ3v) is 1.63. The Labute approximate surface area is 85.1 Å². The summed E-state index contributed by atoms with van der Waals surface area (Å²) in [7, 11) is 1.19. The first-order valence-corrected chi connectivity index (χ1v) is 3.95. The van der Waals surface area contributed by atoms with Gasteiger partial charge in [0.2, 0.25) is 0 Å². The summed E-state index contributed by atoms with van der Waals surface area (Å²) < 4.78 is 4.44. The Morgan fingerprint density at radius 1 is 1.60 bits per heavy atom. The molecule has 76 valence electrons. The summed E-state index contributed by atoms with van der Waals surface area (Å²) >= 11 is 0. The zero-order valence-corrected chi connectivity index (χ0v) is 7.88. The number of Topliss-reactive ketones (excluding diaryl/α,β-unsaturated/α-hetero) is 1. The minimum atomic E-state index is -0.717. The number of hydrogen-bond acceptors (Lipinski definition) is 4. The van der Waals surface area contributed by atoms with Crippen molar-refractivity contribution in [2.75, 3.05) is 7.11 Å². The molecule has 1 rings (SSSR count). The molecule has 0 aliphatic carbocycles. The molecule has 0 amide bonds. The Balaban J connectivity index is 3.23. The number of carbonyl (C=O) groups excluding carboxylic acids is 2. The fraction of sp³-hybridized carbons (Fsp3) is 0.111. The van der Waals surface area contributed by atoms with E-state index >= 15 is 0 Å². The van der Waals surface area contributed by atoms with E-state index in [1.54, 1.807) is 0 Å². The van der Waals surface area contributed by atoms with Crippen molar-refractivity contribution in [1.82, 2.24) is 4.98 Å². The quantitative estimate of drug-likeness (QED) is 0.234. The highest BCUT2D eigenvalue weighted by Gasteiger charge is 2.19. The maximum Gasteiger partial charge on any atom is 0.357 e. The Morgan fingerprint density at radius 2 is 2.33 bits per heavy atom. The van der Waals surface area contributed by atoms with Gasteiger partial charge in [0.05, 0.1) is 12.7 Å². The van der Waals surface area contributed by atoms with Gasteiger partial charge in [-0.1, -0.05) is 0 Å². The second kappa shape index (κ2) is 4.78. The van der Waals surface area contributed by atoms with Gasteiger partial charge in [-0.05, 0) is 12.1 Å². The number of carbonyl (C=O) groups is 2. The lowest BCUT2D eigenvalue weighted by Crippen LogP contribution is -2.13. The van der Waals surface area contributed by atoms with E-state index in [0.29, 0.717) is 6.21 Å². The molecule has 0 aliphatic rings. The van der Waals surface area contributed by atoms with E-state index in [1.807, 2.05) is 0 Å². The largest absolute Gasteiger partial charge is 0.464 e. The summed E-state index contributed by atoms with van der Waals surface area (Å²) in [5, 5.41) is 0. The Morgan fingerprint density at radius 3 is 2.93 bits per heavy atom. The minimum Gasteiger partial charge on any atom is -0.464 e. The maximum absolute atomic E-state index is 11.3. The fourth-order valence-electron chi connectivity index (χ4n) is 0.985. The zero-order chi connectivity index (χ0) is 11.3. The molecule has 0 radical (unpaired) electrons. The van der Waals surface area contributed by atoms with Crippen molar-refractivity contribution in [2.45, 2.75) is 0 Å². The number of ketones is 1. The summed E-state index contributed by atoms with van der Waals surface area (Å²) in [4.78, 5) is 28.8. The number of ether oxygens (including phenoxy) is 1. The summed E-state index contributed by atoms with van der Waals surface area (Å²) in [6.45, 7) is 0. The van der Waals surface area contributed by atoms with E-state index in [9.17, 15) is 9.59 Å². The second-order valence-corrected chi connectivity index (χ2v) is 2.50. The number of aromatic nitrogens is 1. The molecule has 0 fully saturated rings. The van der Waals surface area contributed by atoms with Crippen molar-refractivity contribution in [3.05, 3.63) is 35.1 Å². The van der Waals surface area contributed by atoms with Crippen molar-refractivity contribution in [2.24, 2.45) is 0 Å². The van der Waals surface area contributed by atoms with E-state index in [4.69, 9.17) is 5.53 Å². The zero-order valence-electron chi connectivity index (χ0n) is 7.88. The molecule has 0 saturated heterocycles. The summed E-state index contributed by atoms with van der Waals surface area (Å²) in [6, 6.07) is 2.88. The highest BCUT2D eigenvalue weighted by molar-refractivity contribution is 6.35. The minimum absolute atomic E-state index is 0.0298. The van der Waals surface area contributed by atoms with Gasteiger partial charge in [0, 0.05) is 6.20 Å². The van der Waals surface area contributed by atoms with E-state index < -0.39 is 11.8 Å². The van der Waals surface area contributed by atoms with Crippen LogP contribution in [0, 0.1) is 0 Å². The van der Waals surface area contributed by atoms with Crippen LogP contribution in [-0.4, -0.2) is 34.9 Å². The van der Waals surface area contributed by atoms with Gasteiger partial charge >= 0.3 is 12.2 Å². The molecule has 1 aromatic rings. The fourth-order valence-corrected chi connectivity index (χ4v) is 0.985. The Hall–Kier alpha value is -2.33. The van der Waals surface area contributed by atoms with Crippen molar-refractivity contribution in [3.8, 4) is 0 Å². The molecule has 0 bridgehead atoms. The molecular weight excluding hydrogens is 198 g/mol. The van der Waals surface area contributed by atoms with E-state index in [1.165, 1.54) is 25.4 Å². The van der Waals surface area contributed by atoms with Gasteiger partial charge in [-0.15, -0.1) is 0 Å². The van der Waals surface area contributed by atoms with E-state index in [-0.39, 0.29) is 11.3 Å². The van der Waals surface area contributed by atoms with Crippen LogP contribution in [0.1, 0.15) is 20.8 Å². The average Bonchev–Trinajstić information content (AvgIpc) is 2.28. The highest BCUT2D eigenvalue weighted by Crippen LogP contribution is 2.06. The van der Waals surface area contributed by atoms with Crippen LogP contribution in [0.3, 0.4) is 0 Å². The van der Waals surface area contributed by atoms with Gasteiger partial charge in [-0.25, -0.2) is 9.78 Å². The van der Waals surface area contributed by atoms with Crippen LogP contribution in [0.4, 0.5) is 0 Å². The monoisotopic (exact) mass is 205 g/mol. The molecular formula is C9H7N3O3. The van der Waals surface area contributed by atoms with Gasteiger partial charge in [0.15, 0.2) is 5.69 Å². The molecule has 0 atom stereocenters. The van der Waals surface area contributed by atoms with Gasteiger partial charge in [0.1, 0.15) is 0 Å². The molecule has 0 spiro atoms. The molecule has 1 heterocycles. The molecule has 0 aromatic carbocycles. The summed E-state index contributed by atoms with van der Waals surface area (Å²) in [5.41, 5.74) is 8.12. The van der Waals surface area contributed by atoms with Crippen molar-refractivity contribution < 1.29 is 19.1 Å². The van der Waals surface area contributed by atoms with Crippen LogP contribution in [-0.2, 0) is 4.74 Å². The van der Waals surface area contributed by atoms with Crippen molar-refractivity contribution >= 4 is 18.0 Å². The van der Waals surface area contributed by atoms with E-state index in [0.717, 1.165) is 0 Å². The van der Waals surface area contributed by atoms with Crippen LogP contribution < -0.4 is 0 Å².